The van der Waals surface area contributed by atoms with E-state index in [1.165, 1.54) is 51.4 Å². The molecule has 0 spiro atoms. The third-order valence-electron chi connectivity index (χ3n) is 8.26. The van der Waals surface area contributed by atoms with Crippen LogP contribution in [0.2, 0.25) is 0 Å². The Bertz CT molecular complexity index is 447. The zero-order chi connectivity index (χ0) is 14.7. The van der Waals surface area contributed by atoms with Crippen molar-refractivity contribution in [3.63, 3.8) is 0 Å². The first-order chi connectivity index (χ1) is 10.0. The van der Waals surface area contributed by atoms with Crippen molar-refractivity contribution >= 4 is 17.2 Å². The number of hydrogen-bond acceptors (Lipinski definition) is 1. The van der Waals surface area contributed by atoms with Crippen LogP contribution < -0.4 is 5.32 Å². The van der Waals surface area contributed by atoms with E-state index in [4.69, 9.17) is 12.2 Å². The molecule has 0 bridgehead atoms. The monoisotopic (exact) mass is 305 g/mol. The molecule has 1 heterocycles. The summed E-state index contributed by atoms with van der Waals surface area (Å²) < 4.78 is 0. The average Bonchev–Trinajstić information content (AvgIpc) is 2.76. The van der Waals surface area contributed by atoms with E-state index in [0.717, 1.165) is 41.6 Å². The zero-order valence-electron chi connectivity index (χ0n) is 13.8. The molecule has 1 N–H and O–H groups in total. The van der Waals surface area contributed by atoms with Gasteiger partial charge in [0.05, 0.1) is 4.99 Å². The molecule has 4 fully saturated rings. The smallest absolute Gasteiger partial charge is 0.0756 e. The van der Waals surface area contributed by atoms with Crippen LogP contribution in [0.5, 0.6) is 0 Å². The lowest BCUT2D eigenvalue weighted by Crippen LogP contribution is -2.50. The second-order valence-corrected chi connectivity index (χ2v) is 9.54. The molecule has 0 radical (unpaired) electrons. The van der Waals surface area contributed by atoms with E-state index < -0.39 is 0 Å². The molecule has 0 aromatic rings. The van der Waals surface area contributed by atoms with Crippen molar-refractivity contribution in [2.24, 2.45) is 34.5 Å². The van der Waals surface area contributed by atoms with Crippen LogP contribution in [0, 0.1) is 34.5 Å². The Morgan fingerprint density at radius 1 is 1.00 bits per heavy atom. The number of thiocarbonyl (C=S) groups is 1. The molecule has 0 aromatic heterocycles. The Morgan fingerprint density at radius 2 is 1.86 bits per heavy atom. The summed E-state index contributed by atoms with van der Waals surface area (Å²) in [4.78, 5) is 1.14. The highest BCUT2D eigenvalue weighted by Gasteiger charge is 2.56. The Labute approximate surface area is 135 Å². The van der Waals surface area contributed by atoms with Crippen molar-refractivity contribution in [3.8, 4) is 0 Å². The van der Waals surface area contributed by atoms with Gasteiger partial charge in [-0.1, -0.05) is 32.5 Å². The molecule has 2 heteroatoms. The van der Waals surface area contributed by atoms with Crippen LogP contribution in [0.3, 0.4) is 0 Å². The fourth-order valence-corrected chi connectivity index (χ4v) is 7.32. The SMILES string of the molecule is CC12CCCC1C1CCC3CC(=S)NCCC3(C)C1CC2. The minimum absolute atomic E-state index is 0.556. The highest BCUT2D eigenvalue weighted by molar-refractivity contribution is 7.80. The lowest BCUT2D eigenvalue weighted by molar-refractivity contribution is -0.0861. The number of nitrogens with one attached hydrogen (secondary N) is 1. The number of hydrogen-bond donors (Lipinski definition) is 1. The summed E-state index contributed by atoms with van der Waals surface area (Å²) in [6.07, 6.45) is 13.0. The van der Waals surface area contributed by atoms with Gasteiger partial charge in [-0.05, 0) is 79.4 Å². The van der Waals surface area contributed by atoms with E-state index in [1.54, 1.807) is 0 Å². The topological polar surface area (TPSA) is 12.0 Å². The Hall–Kier alpha value is -0.110. The van der Waals surface area contributed by atoms with E-state index in [2.05, 4.69) is 19.2 Å². The molecular formula is C19H31NS. The Balaban J connectivity index is 1.64. The van der Waals surface area contributed by atoms with Gasteiger partial charge in [-0.3, -0.25) is 0 Å². The van der Waals surface area contributed by atoms with Crippen molar-refractivity contribution < 1.29 is 0 Å². The highest BCUT2D eigenvalue weighted by Crippen LogP contribution is 2.65. The van der Waals surface area contributed by atoms with Gasteiger partial charge in [0.2, 0.25) is 0 Å². The van der Waals surface area contributed by atoms with Crippen LogP contribution >= 0.6 is 12.2 Å². The van der Waals surface area contributed by atoms with Crippen molar-refractivity contribution in [1.29, 1.82) is 0 Å². The fourth-order valence-electron chi connectivity index (χ4n) is 7.02. The molecule has 1 aliphatic heterocycles. The van der Waals surface area contributed by atoms with E-state index >= 15 is 0 Å². The molecule has 21 heavy (non-hydrogen) atoms. The first-order valence-corrected chi connectivity index (χ1v) is 9.70. The largest absolute Gasteiger partial charge is 0.380 e. The highest BCUT2D eigenvalue weighted by atomic mass is 32.1. The molecule has 4 aliphatic rings. The molecular weight excluding hydrogens is 274 g/mol. The number of fused-ring (bicyclic) bond motifs is 5. The Kier molecular flexibility index (Phi) is 3.41. The van der Waals surface area contributed by atoms with E-state index in [-0.39, 0.29) is 0 Å². The third-order valence-corrected chi connectivity index (χ3v) is 8.58. The maximum absolute atomic E-state index is 5.54. The van der Waals surface area contributed by atoms with Gasteiger partial charge in [-0.25, -0.2) is 0 Å². The predicted molar refractivity (Wildman–Crippen MR) is 92.3 cm³/mol. The third kappa shape index (κ3) is 2.11. The van der Waals surface area contributed by atoms with E-state index in [9.17, 15) is 0 Å². The van der Waals surface area contributed by atoms with Gasteiger partial charge in [-0.15, -0.1) is 0 Å². The van der Waals surface area contributed by atoms with Gasteiger partial charge < -0.3 is 5.32 Å². The second-order valence-electron chi connectivity index (χ2n) is 9.05. The summed E-state index contributed by atoms with van der Waals surface area (Å²) in [5, 5.41) is 3.51. The molecule has 3 aliphatic carbocycles. The van der Waals surface area contributed by atoms with Gasteiger partial charge in [0.15, 0.2) is 0 Å². The Morgan fingerprint density at radius 3 is 2.71 bits per heavy atom. The lowest BCUT2D eigenvalue weighted by atomic mass is 9.47. The standard InChI is InChI=1S/C19H31NS/c1-18-8-3-4-15(18)14-6-5-13-12-17(21)20-11-10-19(13,2)16(14)7-9-18/h13-16H,3-12H2,1-2H3,(H,20,21). The summed E-state index contributed by atoms with van der Waals surface area (Å²) >= 11 is 5.54. The predicted octanol–water partition coefficient (Wildman–Crippen LogP) is 4.95. The minimum Gasteiger partial charge on any atom is -0.380 e. The van der Waals surface area contributed by atoms with Gasteiger partial charge in [-0.2, -0.15) is 0 Å². The molecule has 0 amide bonds. The van der Waals surface area contributed by atoms with Gasteiger partial charge in [0, 0.05) is 13.0 Å². The molecule has 6 unspecified atom stereocenters. The van der Waals surface area contributed by atoms with Gasteiger partial charge >= 0.3 is 0 Å². The van der Waals surface area contributed by atoms with Crippen LogP contribution in [-0.4, -0.2) is 11.5 Å². The average molecular weight is 306 g/mol. The molecule has 3 saturated carbocycles. The minimum atomic E-state index is 0.556. The first kappa shape index (κ1) is 14.5. The molecule has 4 rings (SSSR count). The fraction of sp³-hybridized carbons (Fsp3) is 0.947. The lowest BCUT2D eigenvalue weighted by Gasteiger charge is -2.58. The van der Waals surface area contributed by atoms with Crippen molar-refractivity contribution in [2.75, 3.05) is 6.54 Å². The summed E-state index contributed by atoms with van der Waals surface area (Å²) in [5.41, 5.74) is 1.25. The normalized spacial score (nSPS) is 53.1. The van der Waals surface area contributed by atoms with Gasteiger partial charge in [0.25, 0.3) is 0 Å². The molecule has 118 valence electrons. The second kappa shape index (κ2) is 4.94. The molecule has 6 atom stereocenters. The quantitative estimate of drug-likeness (QED) is 0.636. The maximum atomic E-state index is 5.54. The van der Waals surface area contributed by atoms with Crippen LogP contribution in [0.25, 0.3) is 0 Å². The zero-order valence-corrected chi connectivity index (χ0v) is 14.6. The summed E-state index contributed by atoms with van der Waals surface area (Å²) in [6, 6.07) is 0. The van der Waals surface area contributed by atoms with Crippen molar-refractivity contribution in [1.82, 2.24) is 5.32 Å². The first-order valence-electron chi connectivity index (χ1n) is 9.30. The van der Waals surface area contributed by atoms with Crippen LogP contribution in [-0.2, 0) is 0 Å². The summed E-state index contributed by atoms with van der Waals surface area (Å²) in [6.45, 7) is 6.36. The van der Waals surface area contributed by atoms with Crippen LogP contribution in [0.15, 0.2) is 0 Å². The molecule has 1 saturated heterocycles. The molecule has 1 nitrogen and oxygen atoms in total. The van der Waals surface area contributed by atoms with Crippen molar-refractivity contribution in [2.45, 2.75) is 71.6 Å². The van der Waals surface area contributed by atoms with Crippen LogP contribution in [0.4, 0.5) is 0 Å². The molecule has 0 aromatic carbocycles. The maximum Gasteiger partial charge on any atom is 0.0756 e. The van der Waals surface area contributed by atoms with Crippen molar-refractivity contribution in [3.05, 3.63) is 0 Å². The summed E-state index contributed by atoms with van der Waals surface area (Å²) in [5.74, 6) is 3.90. The van der Waals surface area contributed by atoms with Crippen LogP contribution in [0.1, 0.15) is 71.6 Å². The number of rotatable bonds is 0. The van der Waals surface area contributed by atoms with E-state index in [1.807, 2.05) is 0 Å². The van der Waals surface area contributed by atoms with Gasteiger partial charge in [0.1, 0.15) is 0 Å². The van der Waals surface area contributed by atoms with E-state index in [0.29, 0.717) is 10.8 Å². The summed E-state index contributed by atoms with van der Waals surface area (Å²) in [7, 11) is 0.